The summed E-state index contributed by atoms with van der Waals surface area (Å²) in [7, 11) is 2.05. The van der Waals surface area contributed by atoms with Crippen molar-refractivity contribution in [1.82, 2.24) is 9.47 Å². The minimum atomic E-state index is 0.377. The van der Waals surface area contributed by atoms with Gasteiger partial charge in [-0.3, -0.25) is 4.90 Å². The summed E-state index contributed by atoms with van der Waals surface area (Å²) in [6.07, 6.45) is 5.36. The van der Waals surface area contributed by atoms with Gasteiger partial charge < -0.3 is 9.67 Å². The molecule has 3 heteroatoms. The molecule has 0 saturated carbocycles. The van der Waals surface area contributed by atoms with E-state index in [2.05, 4.69) is 28.6 Å². The highest BCUT2D eigenvalue weighted by atomic mass is 16.3. The number of phenols is 1. The number of hydrogen-bond donors (Lipinski definition) is 1. The van der Waals surface area contributed by atoms with E-state index in [4.69, 9.17) is 0 Å². The van der Waals surface area contributed by atoms with Crippen LogP contribution in [0, 0.1) is 0 Å². The van der Waals surface area contributed by atoms with E-state index in [1.54, 1.807) is 6.07 Å². The van der Waals surface area contributed by atoms with Crippen LogP contribution in [0.15, 0.2) is 24.3 Å². The topological polar surface area (TPSA) is 28.4 Å². The molecule has 1 aromatic carbocycles. The van der Waals surface area contributed by atoms with E-state index in [0.717, 1.165) is 17.4 Å². The molecule has 1 aliphatic heterocycles. The molecule has 0 aliphatic carbocycles. The minimum absolute atomic E-state index is 0.377. The first-order valence-electron chi connectivity index (χ1n) is 7.24. The van der Waals surface area contributed by atoms with Crippen LogP contribution >= 0.6 is 0 Å². The van der Waals surface area contributed by atoms with E-state index in [1.165, 1.54) is 44.5 Å². The molecule has 3 rings (SSSR count). The lowest BCUT2D eigenvalue weighted by molar-refractivity contribution is 0.271. The Morgan fingerprint density at radius 2 is 1.84 bits per heavy atom. The minimum Gasteiger partial charge on any atom is -0.506 e. The highest BCUT2D eigenvalue weighted by Gasteiger charge is 2.14. The number of benzene rings is 1. The third-order valence-electron chi connectivity index (χ3n) is 4.22. The molecule has 0 radical (unpaired) electrons. The third-order valence-corrected chi connectivity index (χ3v) is 4.22. The van der Waals surface area contributed by atoms with Gasteiger partial charge in [0, 0.05) is 24.7 Å². The van der Waals surface area contributed by atoms with Crippen LogP contribution in [0.2, 0.25) is 0 Å². The summed E-state index contributed by atoms with van der Waals surface area (Å²) in [5.74, 6) is 0.377. The van der Waals surface area contributed by atoms with Crippen molar-refractivity contribution in [2.45, 2.75) is 32.2 Å². The maximum absolute atomic E-state index is 9.98. The van der Waals surface area contributed by atoms with Gasteiger partial charge in [0.25, 0.3) is 0 Å². The van der Waals surface area contributed by atoms with Crippen molar-refractivity contribution in [2.75, 3.05) is 13.1 Å². The maximum Gasteiger partial charge on any atom is 0.139 e. The van der Waals surface area contributed by atoms with Crippen molar-refractivity contribution in [1.29, 1.82) is 0 Å². The summed E-state index contributed by atoms with van der Waals surface area (Å²) in [6, 6.07) is 7.95. The first-order chi connectivity index (χ1) is 9.25. The number of phenolic OH excluding ortho intramolecular Hbond substituents is 1. The summed E-state index contributed by atoms with van der Waals surface area (Å²) in [6.45, 7) is 3.39. The van der Waals surface area contributed by atoms with Gasteiger partial charge in [-0.2, -0.15) is 0 Å². The monoisotopic (exact) mass is 258 g/mol. The molecule has 2 heterocycles. The Morgan fingerprint density at radius 3 is 2.53 bits per heavy atom. The lowest BCUT2D eigenvalue weighted by Gasteiger charge is -2.20. The van der Waals surface area contributed by atoms with Gasteiger partial charge in [-0.05, 0) is 38.1 Å². The van der Waals surface area contributed by atoms with Crippen LogP contribution in [0.1, 0.15) is 31.4 Å². The highest BCUT2D eigenvalue weighted by molar-refractivity contribution is 5.86. The number of hydrogen-bond acceptors (Lipinski definition) is 2. The molecule has 0 unspecified atom stereocenters. The summed E-state index contributed by atoms with van der Waals surface area (Å²) < 4.78 is 2.13. The molecule has 0 atom stereocenters. The summed E-state index contributed by atoms with van der Waals surface area (Å²) in [5, 5.41) is 11.1. The molecule has 1 aliphatic rings. The molecule has 19 heavy (non-hydrogen) atoms. The molecule has 1 fully saturated rings. The quantitative estimate of drug-likeness (QED) is 0.895. The summed E-state index contributed by atoms with van der Waals surface area (Å²) in [5.41, 5.74) is 2.24. The predicted octanol–water partition coefficient (Wildman–Crippen LogP) is 3.26. The second-order valence-corrected chi connectivity index (χ2v) is 5.60. The number of fused-ring (bicyclic) bond motifs is 1. The van der Waals surface area contributed by atoms with Crippen LogP contribution in [0.3, 0.4) is 0 Å². The Balaban J connectivity index is 1.88. The molecule has 0 spiro atoms. The first kappa shape index (κ1) is 12.5. The van der Waals surface area contributed by atoms with E-state index >= 15 is 0 Å². The van der Waals surface area contributed by atoms with Crippen LogP contribution in [-0.2, 0) is 13.6 Å². The zero-order chi connectivity index (χ0) is 13.2. The Morgan fingerprint density at radius 1 is 1.11 bits per heavy atom. The SMILES string of the molecule is Cn1c(CN2CCCCCC2)cc2cccc(O)c21. The van der Waals surface area contributed by atoms with Crippen molar-refractivity contribution in [2.24, 2.45) is 7.05 Å². The van der Waals surface area contributed by atoms with Crippen molar-refractivity contribution in [3.05, 3.63) is 30.0 Å². The van der Waals surface area contributed by atoms with Gasteiger partial charge in [0.15, 0.2) is 0 Å². The molecular formula is C16H22N2O. The van der Waals surface area contributed by atoms with Crippen LogP contribution in [0.25, 0.3) is 10.9 Å². The number of para-hydroxylation sites is 1. The average molecular weight is 258 g/mol. The molecule has 1 saturated heterocycles. The van der Waals surface area contributed by atoms with Crippen LogP contribution < -0.4 is 0 Å². The van der Waals surface area contributed by atoms with E-state index in [0.29, 0.717) is 5.75 Å². The Labute approximate surface area is 114 Å². The Bertz CT molecular complexity index is 565. The normalized spacial score (nSPS) is 17.7. The van der Waals surface area contributed by atoms with E-state index < -0.39 is 0 Å². The molecule has 1 N–H and O–H groups in total. The molecular weight excluding hydrogens is 236 g/mol. The van der Waals surface area contributed by atoms with Gasteiger partial charge in [-0.15, -0.1) is 0 Å². The van der Waals surface area contributed by atoms with Crippen molar-refractivity contribution < 1.29 is 5.11 Å². The zero-order valence-corrected chi connectivity index (χ0v) is 11.6. The van der Waals surface area contributed by atoms with Crippen molar-refractivity contribution >= 4 is 10.9 Å². The van der Waals surface area contributed by atoms with Crippen molar-refractivity contribution in [3.63, 3.8) is 0 Å². The number of likely N-dealkylation sites (tertiary alicyclic amines) is 1. The summed E-state index contributed by atoms with van der Waals surface area (Å²) in [4.78, 5) is 2.54. The maximum atomic E-state index is 9.98. The van der Waals surface area contributed by atoms with E-state index in [-0.39, 0.29) is 0 Å². The second kappa shape index (κ2) is 5.25. The van der Waals surface area contributed by atoms with Crippen LogP contribution in [-0.4, -0.2) is 27.7 Å². The highest BCUT2D eigenvalue weighted by Crippen LogP contribution is 2.27. The first-order valence-corrected chi connectivity index (χ1v) is 7.24. The van der Waals surface area contributed by atoms with Gasteiger partial charge in [0.1, 0.15) is 5.75 Å². The van der Waals surface area contributed by atoms with E-state index in [1.807, 2.05) is 6.07 Å². The largest absolute Gasteiger partial charge is 0.506 e. The van der Waals surface area contributed by atoms with Crippen LogP contribution in [0.5, 0.6) is 5.75 Å². The van der Waals surface area contributed by atoms with Gasteiger partial charge >= 0.3 is 0 Å². The smallest absolute Gasteiger partial charge is 0.139 e. The number of aromatic hydroxyl groups is 1. The molecule has 1 aromatic heterocycles. The number of aryl methyl sites for hydroxylation is 1. The second-order valence-electron chi connectivity index (χ2n) is 5.60. The Kier molecular flexibility index (Phi) is 3.47. The zero-order valence-electron chi connectivity index (χ0n) is 11.6. The predicted molar refractivity (Wildman–Crippen MR) is 78.3 cm³/mol. The van der Waals surface area contributed by atoms with Gasteiger partial charge in [0.2, 0.25) is 0 Å². The fourth-order valence-corrected chi connectivity index (χ4v) is 3.13. The summed E-state index contributed by atoms with van der Waals surface area (Å²) >= 11 is 0. The average Bonchev–Trinajstić information content (AvgIpc) is 2.59. The number of rotatable bonds is 2. The number of nitrogens with zero attached hydrogens (tertiary/aromatic N) is 2. The number of aromatic nitrogens is 1. The fourth-order valence-electron chi connectivity index (χ4n) is 3.13. The van der Waals surface area contributed by atoms with Gasteiger partial charge in [0.05, 0.1) is 5.52 Å². The third kappa shape index (κ3) is 2.47. The molecule has 0 amide bonds. The van der Waals surface area contributed by atoms with Gasteiger partial charge in [-0.1, -0.05) is 25.0 Å². The lowest BCUT2D eigenvalue weighted by Crippen LogP contribution is -2.25. The van der Waals surface area contributed by atoms with Crippen molar-refractivity contribution in [3.8, 4) is 5.75 Å². The molecule has 0 bridgehead atoms. The molecule has 102 valence electrons. The fraction of sp³-hybridized carbons (Fsp3) is 0.500. The molecule has 3 nitrogen and oxygen atoms in total. The van der Waals surface area contributed by atoms with Gasteiger partial charge in [-0.25, -0.2) is 0 Å². The lowest BCUT2D eigenvalue weighted by atomic mass is 10.2. The molecule has 2 aromatic rings. The standard InChI is InChI=1S/C16H22N2O/c1-17-14(12-18-9-4-2-3-5-10-18)11-13-7-6-8-15(19)16(13)17/h6-8,11,19H,2-5,9-10,12H2,1H3. The Hall–Kier alpha value is -1.48. The van der Waals surface area contributed by atoms with E-state index in [9.17, 15) is 5.11 Å². The van der Waals surface area contributed by atoms with Crippen LogP contribution in [0.4, 0.5) is 0 Å².